The largest absolute Gasteiger partial charge is 0.455 e. The number of aliphatic hydroxyl groups is 1. The predicted octanol–water partition coefficient (Wildman–Crippen LogP) is 4.22. The summed E-state index contributed by atoms with van der Waals surface area (Å²) in [6.45, 7) is 16.6. The third-order valence-corrected chi connectivity index (χ3v) is 14.4. The fourth-order valence-electron chi connectivity index (χ4n) is 6.90. The summed E-state index contributed by atoms with van der Waals surface area (Å²) in [5.74, 6) is -0.700. The van der Waals surface area contributed by atoms with Gasteiger partial charge in [0.15, 0.2) is 11.9 Å². The maximum atomic E-state index is 14.2. The highest BCUT2D eigenvalue weighted by Crippen LogP contribution is 2.44. The van der Waals surface area contributed by atoms with Crippen LogP contribution in [0.25, 0.3) is 5.52 Å². The van der Waals surface area contributed by atoms with Gasteiger partial charge in [0.2, 0.25) is 5.60 Å². The van der Waals surface area contributed by atoms with E-state index in [1.165, 1.54) is 10.8 Å². The summed E-state index contributed by atoms with van der Waals surface area (Å²) in [6.07, 6.45) is -3.92. The van der Waals surface area contributed by atoms with Crippen molar-refractivity contribution in [1.29, 1.82) is 5.26 Å². The number of amides is 1. The molecule has 0 radical (unpaired) electrons. The Morgan fingerprint density at radius 2 is 1.58 bits per heavy atom. The number of anilines is 1. The molecule has 0 saturated carbocycles. The monoisotopic (exact) mass is 742 g/mol. The van der Waals surface area contributed by atoms with Crippen LogP contribution in [0.2, 0.25) is 5.04 Å². The number of aliphatic hydroxyl groups excluding tert-OH is 1. The van der Waals surface area contributed by atoms with Crippen LogP contribution in [0.15, 0.2) is 79.1 Å². The van der Waals surface area contributed by atoms with Crippen molar-refractivity contribution in [3.63, 3.8) is 0 Å². The molecule has 1 amide bonds. The summed E-state index contributed by atoms with van der Waals surface area (Å²) in [4.78, 5) is 31.1. The Labute approximate surface area is 311 Å². The number of aromatic nitrogens is 3. The van der Waals surface area contributed by atoms with E-state index in [0.717, 1.165) is 10.4 Å². The molecule has 282 valence electrons. The Kier molecular flexibility index (Phi) is 10.8. The minimum atomic E-state index is -3.18. The maximum absolute atomic E-state index is 14.2. The molecule has 4 aromatic rings. The van der Waals surface area contributed by atoms with Crippen molar-refractivity contribution >= 4 is 42.1 Å². The first kappa shape index (κ1) is 39.4. The van der Waals surface area contributed by atoms with Crippen molar-refractivity contribution in [1.82, 2.24) is 19.9 Å². The molecule has 13 nitrogen and oxygen atoms in total. The number of ether oxygens (including phenoxy) is 3. The highest BCUT2D eigenvalue weighted by molar-refractivity contribution is 6.99. The molecule has 5 rings (SSSR count). The van der Waals surface area contributed by atoms with E-state index in [1.54, 1.807) is 53.7 Å². The number of carbonyl (C=O) groups is 2. The van der Waals surface area contributed by atoms with Crippen molar-refractivity contribution in [2.45, 2.75) is 103 Å². The summed E-state index contributed by atoms with van der Waals surface area (Å²) in [5, 5.41) is 31.6. The number of hydrogen-bond donors (Lipinski definition) is 3. The highest BCUT2D eigenvalue weighted by atomic mass is 28.4. The van der Waals surface area contributed by atoms with E-state index in [4.69, 9.17) is 24.4 Å². The van der Waals surface area contributed by atoms with Gasteiger partial charge in [0, 0.05) is 0 Å². The molecule has 0 unspecified atom stereocenters. The first-order chi connectivity index (χ1) is 24.7. The Hall–Kier alpha value is -4.81. The van der Waals surface area contributed by atoms with Crippen LogP contribution < -0.4 is 21.4 Å². The van der Waals surface area contributed by atoms with Crippen molar-refractivity contribution in [2.75, 3.05) is 12.3 Å². The van der Waals surface area contributed by atoms with Gasteiger partial charge in [-0.1, -0.05) is 102 Å². The number of nitrogens with two attached hydrogens (primary N) is 1. The molecule has 1 fully saturated rings. The minimum absolute atomic E-state index is 0.155. The fraction of sp³-hybridized carbons (Fsp3) is 0.462. The quantitative estimate of drug-likeness (QED) is 0.165. The zero-order chi connectivity index (χ0) is 39.0. The van der Waals surface area contributed by atoms with E-state index >= 15 is 0 Å². The molecular weight excluding hydrogens is 693 g/mol. The Bertz CT molecular complexity index is 1920. The third kappa shape index (κ3) is 7.66. The minimum Gasteiger partial charge on any atom is -0.455 e. The number of nitrogen functional groups attached to an aromatic ring is 1. The van der Waals surface area contributed by atoms with Gasteiger partial charge < -0.3 is 34.8 Å². The molecule has 1 saturated heterocycles. The van der Waals surface area contributed by atoms with Gasteiger partial charge in [-0.25, -0.2) is 19.1 Å². The maximum Gasteiger partial charge on any atom is 0.408 e. The smallest absolute Gasteiger partial charge is 0.408 e. The van der Waals surface area contributed by atoms with Crippen LogP contribution in [0, 0.1) is 16.7 Å². The van der Waals surface area contributed by atoms with Crippen LogP contribution in [0.3, 0.4) is 0 Å². The number of esters is 1. The van der Waals surface area contributed by atoms with Crippen LogP contribution in [0.4, 0.5) is 10.6 Å². The molecule has 2 aromatic heterocycles. The lowest BCUT2D eigenvalue weighted by Crippen LogP contribution is -2.67. The number of benzene rings is 2. The number of hydrogen-bond acceptors (Lipinski definition) is 11. The Morgan fingerprint density at radius 1 is 1.00 bits per heavy atom. The molecule has 14 heteroatoms. The number of rotatable bonds is 9. The van der Waals surface area contributed by atoms with Gasteiger partial charge in [-0.05, 0) is 53.7 Å². The van der Waals surface area contributed by atoms with E-state index in [-0.39, 0.29) is 18.1 Å². The van der Waals surface area contributed by atoms with E-state index in [9.17, 15) is 20.0 Å². The number of nitrogens with zero attached hydrogens (tertiary/aromatic N) is 4. The van der Waals surface area contributed by atoms with Crippen LogP contribution in [-0.2, 0) is 29.0 Å². The second kappa shape index (κ2) is 14.5. The molecule has 0 spiro atoms. The molecular formula is C39H50N6O7Si. The zero-order valence-corrected chi connectivity index (χ0v) is 32.8. The number of carbonyl (C=O) groups excluding carboxylic acids is 2. The Morgan fingerprint density at radius 3 is 2.09 bits per heavy atom. The third-order valence-electron chi connectivity index (χ3n) is 9.36. The summed E-state index contributed by atoms with van der Waals surface area (Å²) in [6, 6.07) is 24.0. The number of alkyl carbamates (subject to hydrolysis) is 1. The molecule has 4 N–H and O–H groups in total. The summed E-state index contributed by atoms with van der Waals surface area (Å²) in [5.41, 5.74) is 2.90. The van der Waals surface area contributed by atoms with Gasteiger partial charge in [0.25, 0.3) is 8.32 Å². The number of fused-ring (bicyclic) bond motifs is 1. The summed E-state index contributed by atoms with van der Waals surface area (Å²) in [7, 11) is -3.18. The molecule has 0 bridgehead atoms. The average molecular weight is 743 g/mol. The molecule has 5 atom stereocenters. The van der Waals surface area contributed by atoms with Gasteiger partial charge >= 0.3 is 12.1 Å². The van der Waals surface area contributed by atoms with Crippen molar-refractivity contribution in [2.24, 2.45) is 5.41 Å². The van der Waals surface area contributed by atoms with Crippen LogP contribution in [0.5, 0.6) is 0 Å². The van der Waals surface area contributed by atoms with Crippen molar-refractivity contribution in [3.05, 3.63) is 84.8 Å². The molecule has 1 aliphatic rings. The average Bonchev–Trinajstić information content (AvgIpc) is 3.63. The topological polar surface area (TPSA) is 183 Å². The lowest BCUT2D eigenvalue weighted by atomic mass is 9.86. The first-order valence-electron chi connectivity index (χ1n) is 17.6. The van der Waals surface area contributed by atoms with Gasteiger partial charge in [0.1, 0.15) is 41.8 Å². The first-order valence-corrected chi connectivity index (χ1v) is 19.5. The van der Waals surface area contributed by atoms with Gasteiger partial charge in [-0.2, -0.15) is 10.4 Å². The zero-order valence-electron chi connectivity index (χ0n) is 31.8. The lowest BCUT2D eigenvalue weighted by molar-refractivity contribution is -0.162. The van der Waals surface area contributed by atoms with Crippen molar-refractivity contribution < 1.29 is 33.3 Å². The van der Waals surface area contributed by atoms with E-state index in [2.05, 4.69) is 42.2 Å². The molecule has 3 heterocycles. The van der Waals surface area contributed by atoms with E-state index < -0.39 is 66.4 Å². The second-order valence-electron chi connectivity index (χ2n) is 16.4. The Balaban J connectivity index is 1.60. The van der Waals surface area contributed by atoms with Crippen LogP contribution >= 0.6 is 0 Å². The number of nitrogens with one attached hydrogen (secondary N) is 1. The molecule has 53 heavy (non-hydrogen) atoms. The number of nitriles is 1. The van der Waals surface area contributed by atoms with Gasteiger partial charge in [-0.15, -0.1) is 0 Å². The normalized spacial score (nSPS) is 21.5. The van der Waals surface area contributed by atoms with Gasteiger partial charge in [-0.3, -0.25) is 0 Å². The predicted molar refractivity (Wildman–Crippen MR) is 202 cm³/mol. The van der Waals surface area contributed by atoms with E-state index in [0.29, 0.717) is 5.52 Å². The van der Waals surface area contributed by atoms with Crippen LogP contribution in [0.1, 0.15) is 68.0 Å². The van der Waals surface area contributed by atoms with Gasteiger partial charge in [0.05, 0.1) is 12.3 Å². The standard InChI is InChI=1S/C39H50N6O7Si/c1-36(2,3)31(44-35(48)52-37(4,5)6)34(47)50-30-28(51-39(23-40,32(30)46)29-21-20-27-33(41)42-24-43-45(27)29)22-49-53(38(7,8)9,25-16-12-10-13-17-25)26-18-14-11-15-19-26/h10-21,24,28,30-32,46H,22H2,1-9H3,(H,44,48)(H2,41,42,43)/t28-,30-,31-,32-,39+/m1/s1. The van der Waals surface area contributed by atoms with Crippen LogP contribution in [-0.4, -0.2) is 76.6 Å². The lowest BCUT2D eigenvalue weighted by Gasteiger charge is -2.43. The SMILES string of the molecule is CC(C)(C)OC(=O)N[C@H](C(=O)O[C@H]1[C@@H](O)[C@](C#N)(c2ccc3c(N)ncnn23)O[C@@H]1CO[Si](c1ccccc1)(c1ccccc1)C(C)(C)C)C(C)(C)C. The molecule has 1 aliphatic heterocycles. The molecule has 0 aliphatic carbocycles. The highest BCUT2D eigenvalue weighted by Gasteiger charge is 2.61. The summed E-state index contributed by atoms with van der Waals surface area (Å²) < 4.78 is 26.7. The summed E-state index contributed by atoms with van der Waals surface area (Å²) >= 11 is 0. The van der Waals surface area contributed by atoms with Crippen molar-refractivity contribution in [3.8, 4) is 6.07 Å². The fourth-order valence-corrected chi connectivity index (χ4v) is 11.5. The van der Waals surface area contributed by atoms with E-state index in [1.807, 2.05) is 60.7 Å². The molecule has 2 aromatic carbocycles. The second-order valence-corrected chi connectivity index (χ2v) is 20.7.